The zero-order chi connectivity index (χ0) is 14.2. The zero-order valence-electron chi connectivity index (χ0n) is 11.6. The summed E-state index contributed by atoms with van der Waals surface area (Å²) in [6.07, 6.45) is 3.43. The van der Waals surface area contributed by atoms with Gasteiger partial charge < -0.3 is 5.73 Å². The number of halogens is 1. The summed E-state index contributed by atoms with van der Waals surface area (Å²) in [6.45, 7) is 2.66. The van der Waals surface area contributed by atoms with Gasteiger partial charge in [-0.1, -0.05) is 34.5 Å². The number of hydrogen-bond donors (Lipinski definition) is 1. The van der Waals surface area contributed by atoms with Gasteiger partial charge in [-0.3, -0.25) is 0 Å². The van der Waals surface area contributed by atoms with E-state index in [4.69, 9.17) is 10.7 Å². The summed E-state index contributed by atoms with van der Waals surface area (Å²) in [5.74, 6) is 0.921. The molecule has 1 aliphatic rings. The fraction of sp³-hybridized carbons (Fsp3) is 0.375. The highest BCUT2D eigenvalue weighted by molar-refractivity contribution is 9.10. The van der Waals surface area contributed by atoms with Crippen molar-refractivity contribution in [1.82, 2.24) is 9.97 Å². The third kappa shape index (κ3) is 2.38. The van der Waals surface area contributed by atoms with Crippen LogP contribution in [0.25, 0.3) is 11.3 Å². The third-order valence-electron chi connectivity index (χ3n) is 4.17. The van der Waals surface area contributed by atoms with E-state index >= 15 is 0 Å². The van der Waals surface area contributed by atoms with Gasteiger partial charge in [0.2, 0.25) is 0 Å². The highest BCUT2D eigenvalue weighted by Gasteiger charge is 2.40. The maximum Gasteiger partial charge on any atom is 0.136 e. The van der Waals surface area contributed by atoms with Crippen molar-refractivity contribution in [3.8, 4) is 11.3 Å². The first-order valence-corrected chi connectivity index (χ1v) is 7.74. The first-order valence-electron chi connectivity index (χ1n) is 6.95. The second-order valence-corrected chi connectivity index (χ2v) is 6.48. The molecule has 2 N–H and O–H groups in total. The number of aromatic nitrogens is 2. The molecule has 0 amide bonds. The minimum atomic E-state index is 0.0101. The molecule has 1 fully saturated rings. The lowest BCUT2D eigenvalue weighted by molar-refractivity contribution is 0.238. The van der Waals surface area contributed by atoms with Gasteiger partial charge in [0.05, 0.1) is 5.69 Å². The van der Waals surface area contributed by atoms with Crippen molar-refractivity contribution in [3.63, 3.8) is 0 Å². The summed E-state index contributed by atoms with van der Waals surface area (Å²) in [6, 6.07) is 10.3. The van der Waals surface area contributed by atoms with Gasteiger partial charge in [-0.25, -0.2) is 9.97 Å². The number of nitrogens with zero attached hydrogens (tertiary/aromatic N) is 2. The molecule has 0 saturated heterocycles. The molecular formula is C16H18BrN3. The third-order valence-corrected chi connectivity index (χ3v) is 4.70. The standard InChI is InChI=1S/C16H18BrN3/c1-11-9-14(12-3-5-13(17)6-4-12)20-15(19-11)16(10-18)7-2-8-16/h3-6,9H,2,7-8,10,18H2,1H3. The predicted molar refractivity (Wildman–Crippen MR) is 84.5 cm³/mol. The average Bonchev–Trinajstić information content (AvgIpc) is 2.38. The smallest absolute Gasteiger partial charge is 0.136 e. The Labute approximate surface area is 127 Å². The molecule has 0 radical (unpaired) electrons. The van der Waals surface area contributed by atoms with Crippen LogP contribution in [0.3, 0.4) is 0 Å². The lowest BCUT2D eigenvalue weighted by Gasteiger charge is -2.39. The summed E-state index contributed by atoms with van der Waals surface area (Å²) >= 11 is 3.46. The van der Waals surface area contributed by atoms with Gasteiger partial charge >= 0.3 is 0 Å². The monoisotopic (exact) mass is 331 g/mol. The number of nitrogens with two attached hydrogens (primary N) is 1. The van der Waals surface area contributed by atoms with Crippen LogP contribution >= 0.6 is 15.9 Å². The van der Waals surface area contributed by atoms with Gasteiger partial charge in [0, 0.05) is 27.7 Å². The van der Waals surface area contributed by atoms with Crippen LogP contribution in [0.15, 0.2) is 34.8 Å². The van der Waals surface area contributed by atoms with E-state index in [9.17, 15) is 0 Å². The van der Waals surface area contributed by atoms with Gasteiger partial charge in [-0.15, -0.1) is 0 Å². The molecule has 2 aromatic rings. The molecule has 104 valence electrons. The Morgan fingerprint density at radius 1 is 1.20 bits per heavy atom. The van der Waals surface area contributed by atoms with Crippen molar-refractivity contribution < 1.29 is 0 Å². The van der Waals surface area contributed by atoms with Crippen molar-refractivity contribution in [3.05, 3.63) is 46.3 Å². The van der Waals surface area contributed by atoms with E-state index in [2.05, 4.69) is 33.0 Å². The van der Waals surface area contributed by atoms with E-state index in [0.717, 1.165) is 40.1 Å². The highest BCUT2D eigenvalue weighted by atomic mass is 79.9. The van der Waals surface area contributed by atoms with Crippen molar-refractivity contribution in [2.75, 3.05) is 6.54 Å². The minimum Gasteiger partial charge on any atom is -0.329 e. The second kappa shape index (κ2) is 5.26. The highest BCUT2D eigenvalue weighted by Crippen LogP contribution is 2.41. The molecule has 1 aromatic heterocycles. The molecule has 3 rings (SSSR count). The molecular weight excluding hydrogens is 314 g/mol. The van der Waals surface area contributed by atoms with Crippen LogP contribution in [0.5, 0.6) is 0 Å². The summed E-state index contributed by atoms with van der Waals surface area (Å²) in [7, 11) is 0. The van der Waals surface area contributed by atoms with Crippen LogP contribution in [0.4, 0.5) is 0 Å². The SMILES string of the molecule is Cc1cc(-c2ccc(Br)cc2)nc(C2(CN)CCC2)n1. The van der Waals surface area contributed by atoms with Crippen LogP contribution < -0.4 is 5.73 Å². The van der Waals surface area contributed by atoms with Crippen molar-refractivity contribution in [2.45, 2.75) is 31.6 Å². The van der Waals surface area contributed by atoms with Crippen molar-refractivity contribution in [1.29, 1.82) is 0 Å². The molecule has 4 heteroatoms. The maximum absolute atomic E-state index is 5.97. The molecule has 1 heterocycles. The Bertz CT molecular complexity index is 613. The molecule has 1 aliphatic carbocycles. The molecule has 0 spiro atoms. The zero-order valence-corrected chi connectivity index (χ0v) is 13.2. The molecule has 0 aliphatic heterocycles. The van der Waals surface area contributed by atoms with Gasteiger partial charge in [-0.2, -0.15) is 0 Å². The number of benzene rings is 1. The Hall–Kier alpha value is -1.26. The van der Waals surface area contributed by atoms with E-state index < -0.39 is 0 Å². The summed E-state index contributed by atoms with van der Waals surface area (Å²) in [5.41, 5.74) is 9.09. The van der Waals surface area contributed by atoms with Crippen molar-refractivity contribution in [2.24, 2.45) is 5.73 Å². The molecule has 0 unspecified atom stereocenters. The molecule has 0 bridgehead atoms. The molecule has 20 heavy (non-hydrogen) atoms. The van der Waals surface area contributed by atoms with Crippen LogP contribution in [-0.4, -0.2) is 16.5 Å². The van der Waals surface area contributed by atoms with Gasteiger partial charge in [0.25, 0.3) is 0 Å². The average molecular weight is 332 g/mol. The Morgan fingerprint density at radius 2 is 1.90 bits per heavy atom. The van der Waals surface area contributed by atoms with Gasteiger partial charge in [0.1, 0.15) is 5.82 Å². The van der Waals surface area contributed by atoms with E-state index in [-0.39, 0.29) is 5.41 Å². The first-order chi connectivity index (χ1) is 9.63. The lowest BCUT2D eigenvalue weighted by Crippen LogP contribution is -2.43. The van der Waals surface area contributed by atoms with E-state index in [1.165, 1.54) is 6.42 Å². The van der Waals surface area contributed by atoms with E-state index in [1.807, 2.05) is 25.1 Å². The Morgan fingerprint density at radius 3 is 2.45 bits per heavy atom. The van der Waals surface area contributed by atoms with E-state index in [1.54, 1.807) is 0 Å². The fourth-order valence-electron chi connectivity index (χ4n) is 2.70. The second-order valence-electron chi connectivity index (χ2n) is 5.56. The van der Waals surface area contributed by atoms with Crippen LogP contribution in [-0.2, 0) is 5.41 Å². The normalized spacial score (nSPS) is 16.8. The quantitative estimate of drug-likeness (QED) is 0.934. The van der Waals surface area contributed by atoms with Crippen LogP contribution in [0.1, 0.15) is 30.8 Å². The Kier molecular flexibility index (Phi) is 3.61. The van der Waals surface area contributed by atoms with Gasteiger partial charge in [0.15, 0.2) is 0 Å². The number of hydrogen-bond acceptors (Lipinski definition) is 3. The summed E-state index contributed by atoms with van der Waals surface area (Å²) in [4.78, 5) is 9.43. The summed E-state index contributed by atoms with van der Waals surface area (Å²) < 4.78 is 1.07. The molecule has 0 atom stereocenters. The Balaban J connectivity index is 2.04. The van der Waals surface area contributed by atoms with Crippen LogP contribution in [0, 0.1) is 6.92 Å². The number of rotatable bonds is 3. The number of aryl methyl sites for hydroxylation is 1. The maximum atomic E-state index is 5.97. The minimum absolute atomic E-state index is 0.0101. The van der Waals surface area contributed by atoms with Gasteiger partial charge in [-0.05, 0) is 38.0 Å². The molecule has 1 saturated carbocycles. The summed E-state index contributed by atoms with van der Waals surface area (Å²) in [5, 5.41) is 0. The predicted octanol–water partition coefficient (Wildman–Crippen LogP) is 3.59. The topological polar surface area (TPSA) is 51.8 Å². The largest absolute Gasteiger partial charge is 0.329 e. The van der Waals surface area contributed by atoms with Crippen LogP contribution in [0.2, 0.25) is 0 Å². The van der Waals surface area contributed by atoms with E-state index in [0.29, 0.717) is 6.54 Å². The fourth-order valence-corrected chi connectivity index (χ4v) is 2.96. The van der Waals surface area contributed by atoms with Crippen molar-refractivity contribution >= 4 is 15.9 Å². The molecule has 1 aromatic carbocycles. The first kappa shape index (κ1) is 13.7. The lowest BCUT2D eigenvalue weighted by atomic mass is 9.68. The molecule has 3 nitrogen and oxygen atoms in total.